The van der Waals surface area contributed by atoms with Crippen molar-refractivity contribution < 1.29 is 26.8 Å². The molecule has 0 aliphatic carbocycles. The van der Waals surface area contributed by atoms with E-state index in [1.54, 1.807) is 11.8 Å². The van der Waals surface area contributed by atoms with Gasteiger partial charge >= 0.3 is 6.98 Å². The minimum atomic E-state index is -5.31. The Labute approximate surface area is 130 Å². The number of hydrogen-bond acceptors (Lipinski definition) is 3. The first-order chi connectivity index (χ1) is 10.4. The van der Waals surface area contributed by atoms with Gasteiger partial charge in [0.25, 0.3) is 0 Å². The van der Waals surface area contributed by atoms with Crippen molar-refractivity contribution in [2.75, 3.05) is 18.1 Å². The predicted octanol–water partition coefficient (Wildman–Crippen LogP) is 3.31. The fourth-order valence-corrected chi connectivity index (χ4v) is 4.39. The quantitative estimate of drug-likeness (QED) is 0.624. The number of rotatable bonds is 3. The monoisotopic (exact) mass is 335 g/mol. The van der Waals surface area contributed by atoms with Gasteiger partial charge in [0.05, 0.1) is 18.0 Å². The molecule has 1 aromatic rings. The van der Waals surface area contributed by atoms with Crippen molar-refractivity contribution in [1.29, 1.82) is 0 Å². The highest BCUT2D eigenvalue weighted by atomic mass is 32.2. The molecule has 2 fully saturated rings. The molecule has 0 aromatic heterocycles. The minimum absolute atomic E-state index is 0.267. The molecule has 8 heteroatoms. The smallest absolute Gasteiger partial charge is 0.493 e. The van der Waals surface area contributed by atoms with E-state index < -0.39 is 18.3 Å². The standard InChI is InChI=1S/C14H16BF4O2S/c16-10-1-2-13(12(7-10)15(17,18)19)21-11-3-5-20-14(8-11)4-6-22-9-14/h1-2,7,11H,3-6,8-9H2/q-1. The van der Waals surface area contributed by atoms with Crippen molar-refractivity contribution in [3.63, 3.8) is 0 Å². The average molecular weight is 335 g/mol. The molecule has 0 bridgehead atoms. The highest BCUT2D eigenvalue weighted by Gasteiger charge is 2.41. The van der Waals surface area contributed by atoms with Crippen molar-refractivity contribution in [3.05, 3.63) is 24.0 Å². The number of hydrogen-bond donors (Lipinski definition) is 0. The largest absolute Gasteiger partial charge is 0.513 e. The molecule has 22 heavy (non-hydrogen) atoms. The van der Waals surface area contributed by atoms with Gasteiger partial charge in [-0.3, -0.25) is 0 Å². The Bertz CT molecular complexity index is 546. The predicted molar refractivity (Wildman–Crippen MR) is 79.4 cm³/mol. The van der Waals surface area contributed by atoms with Gasteiger partial charge in [0.1, 0.15) is 11.9 Å². The molecular formula is C14H16BF4O2S-. The molecule has 2 unspecified atom stereocenters. The van der Waals surface area contributed by atoms with Gasteiger partial charge in [-0.2, -0.15) is 11.8 Å². The third kappa shape index (κ3) is 3.37. The molecule has 0 N–H and O–H groups in total. The topological polar surface area (TPSA) is 18.5 Å². The van der Waals surface area contributed by atoms with Crippen LogP contribution in [0.1, 0.15) is 19.3 Å². The Hall–Kier alpha value is -0.885. The summed E-state index contributed by atoms with van der Waals surface area (Å²) >= 11 is 1.79. The van der Waals surface area contributed by atoms with Gasteiger partial charge in [-0.15, -0.1) is 0 Å². The van der Waals surface area contributed by atoms with Gasteiger partial charge in [0.2, 0.25) is 0 Å². The number of halogens is 4. The van der Waals surface area contributed by atoms with Crippen LogP contribution in [0.5, 0.6) is 5.75 Å². The van der Waals surface area contributed by atoms with Gasteiger partial charge in [-0.05, 0) is 30.4 Å². The normalized spacial score (nSPS) is 29.0. The van der Waals surface area contributed by atoms with E-state index >= 15 is 0 Å². The molecule has 0 saturated carbocycles. The Kier molecular flexibility index (Phi) is 4.33. The zero-order valence-corrected chi connectivity index (χ0v) is 12.7. The second-order valence-electron chi connectivity index (χ2n) is 5.82. The van der Waals surface area contributed by atoms with Crippen LogP contribution in [0.3, 0.4) is 0 Å². The van der Waals surface area contributed by atoms with E-state index in [2.05, 4.69) is 0 Å². The van der Waals surface area contributed by atoms with Crippen LogP contribution in [0.4, 0.5) is 17.3 Å². The fraction of sp³-hybridized carbons (Fsp3) is 0.571. The number of thioether (sulfide) groups is 1. The molecule has 0 radical (unpaired) electrons. The van der Waals surface area contributed by atoms with Crippen molar-refractivity contribution in [3.8, 4) is 5.75 Å². The van der Waals surface area contributed by atoms with Gasteiger partial charge in [0, 0.05) is 18.6 Å². The lowest BCUT2D eigenvalue weighted by atomic mass is 9.79. The van der Waals surface area contributed by atoms with Crippen LogP contribution in [-0.4, -0.2) is 36.8 Å². The molecule has 2 nitrogen and oxygen atoms in total. The SMILES string of the molecule is Fc1ccc(OC2CCOC3(CCSC3)C2)c([B-](F)(F)F)c1. The van der Waals surface area contributed by atoms with Crippen LogP contribution in [0.15, 0.2) is 18.2 Å². The van der Waals surface area contributed by atoms with E-state index in [9.17, 15) is 17.3 Å². The summed E-state index contributed by atoms with van der Waals surface area (Å²) in [7, 11) is 0. The summed E-state index contributed by atoms with van der Waals surface area (Å²) in [6, 6.07) is 2.59. The molecule has 1 aromatic carbocycles. The summed E-state index contributed by atoms with van der Waals surface area (Å²) in [6.45, 7) is -4.82. The Morgan fingerprint density at radius 3 is 2.82 bits per heavy atom. The van der Waals surface area contributed by atoms with E-state index in [1.165, 1.54) is 0 Å². The fourth-order valence-electron chi connectivity index (χ4n) is 3.01. The van der Waals surface area contributed by atoms with E-state index in [-0.39, 0.29) is 17.5 Å². The minimum Gasteiger partial charge on any atom is -0.493 e. The molecule has 2 atom stereocenters. The Morgan fingerprint density at radius 1 is 1.32 bits per heavy atom. The lowest BCUT2D eigenvalue weighted by molar-refractivity contribution is -0.0957. The molecule has 0 amide bonds. The van der Waals surface area contributed by atoms with Gasteiger partial charge < -0.3 is 22.4 Å². The first-order valence-electron chi connectivity index (χ1n) is 7.26. The number of benzene rings is 1. The first-order valence-corrected chi connectivity index (χ1v) is 8.41. The summed E-state index contributed by atoms with van der Waals surface area (Å²) in [4.78, 5) is 0. The molecule has 3 rings (SSSR count). The van der Waals surface area contributed by atoms with E-state index in [0.29, 0.717) is 25.5 Å². The molecule has 1 spiro atoms. The van der Waals surface area contributed by atoms with Crippen LogP contribution in [0, 0.1) is 5.82 Å². The summed E-state index contributed by atoms with van der Waals surface area (Å²) in [5.41, 5.74) is -1.27. The summed E-state index contributed by atoms with van der Waals surface area (Å²) < 4.78 is 63.7. The molecule has 122 valence electrons. The van der Waals surface area contributed by atoms with Crippen molar-refractivity contribution >= 4 is 24.2 Å². The maximum Gasteiger partial charge on any atom is 0.513 e. The molecule has 2 aliphatic heterocycles. The summed E-state index contributed by atoms with van der Waals surface area (Å²) in [5.74, 6) is 0.672. The van der Waals surface area contributed by atoms with Crippen LogP contribution < -0.4 is 10.2 Å². The maximum atomic E-state index is 13.1. The molecule has 2 aliphatic rings. The Balaban J connectivity index is 1.78. The molecule has 2 heterocycles. The second kappa shape index (κ2) is 5.96. The van der Waals surface area contributed by atoms with Crippen LogP contribution >= 0.6 is 11.8 Å². The van der Waals surface area contributed by atoms with E-state index in [0.717, 1.165) is 30.1 Å². The lowest BCUT2D eigenvalue weighted by Crippen LogP contribution is -2.45. The maximum absolute atomic E-state index is 13.1. The summed E-state index contributed by atoms with van der Waals surface area (Å²) in [5, 5.41) is 0. The van der Waals surface area contributed by atoms with Crippen molar-refractivity contribution in [2.24, 2.45) is 0 Å². The molecular weight excluding hydrogens is 319 g/mol. The van der Waals surface area contributed by atoms with Crippen molar-refractivity contribution in [1.82, 2.24) is 0 Å². The van der Waals surface area contributed by atoms with Crippen LogP contribution in [0.25, 0.3) is 0 Å². The summed E-state index contributed by atoms with van der Waals surface area (Å²) in [6.07, 6.45) is 1.71. The highest BCUT2D eigenvalue weighted by molar-refractivity contribution is 7.99. The van der Waals surface area contributed by atoms with E-state index in [4.69, 9.17) is 9.47 Å². The van der Waals surface area contributed by atoms with Gasteiger partial charge in [-0.25, -0.2) is 4.39 Å². The Morgan fingerprint density at radius 2 is 2.14 bits per heavy atom. The third-order valence-electron chi connectivity index (χ3n) is 4.13. The van der Waals surface area contributed by atoms with Gasteiger partial charge in [-0.1, -0.05) is 5.46 Å². The number of ether oxygens (including phenoxy) is 2. The average Bonchev–Trinajstić information content (AvgIpc) is 2.88. The zero-order valence-electron chi connectivity index (χ0n) is 11.9. The van der Waals surface area contributed by atoms with Crippen LogP contribution in [0.2, 0.25) is 0 Å². The van der Waals surface area contributed by atoms with Gasteiger partial charge in [0.15, 0.2) is 0 Å². The third-order valence-corrected chi connectivity index (χ3v) is 5.36. The van der Waals surface area contributed by atoms with Crippen LogP contribution in [-0.2, 0) is 4.74 Å². The second-order valence-corrected chi connectivity index (χ2v) is 6.93. The van der Waals surface area contributed by atoms with E-state index in [1.807, 2.05) is 0 Å². The molecule has 2 saturated heterocycles. The first kappa shape index (κ1) is 16.0. The lowest BCUT2D eigenvalue weighted by Gasteiger charge is -2.38. The highest BCUT2D eigenvalue weighted by Crippen LogP contribution is 2.39. The van der Waals surface area contributed by atoms with Crippen molar-refractivity contribution in [2.45, 2.75) is 31.0 Å². The zero-order chi connectivity index (χ0) is 15.8.